The first-order valence-corrected chi connectivity index (χ1v) is 8.18. The van der Waals surface area contributed by atoms with Crippen molar-refractivity contribution in [2.45, 2.75) is 6.54 Å². The fourth-order valence-electron chi connectivity index (χ4n) is 2.79. The third kappa shape index (κ3) is 3.31. The summed E-state index contributed by atoms with van der Waals surface area (Å²) in [7, 11) is 3.17. The van der Waals surface area contributed by atoms with Crippen LogP contribution < -0.4 is 15.2 Å². The van der Waals surface area contributed by atoms with Crippen molar-refractivity contribution in [1.82, 2.24) is 4.57 Å². The molecule has 7 nitrogen and oxygen atoms in total. The molecule has 1 aromatic heterocycles. The number of aromatic nitrogens is 1. The van der Waals surface area contributed by atoms with Crippen molar-refractivity contribution in [3.05, 3.63) is 48.0 Å². The molecular formula is C18H18N4O3S. The molecule has 134 valence electrons. The summed E-state index contributed by atoms with van der Waals surface area (Å²) in [5, 5.41) is 19.0. The van der Waals surface area contributed by atoms with Crippen molar-refractivity contribution in [3.63, 3.8) is 0 Å². The van der Waals surface area contributed by atoms with E-state index in [0.29, 0.717) is 23.7 Å². The smallest absolute Gasteiger partial charge is 0.221 e. The van der Waals surface area contributed by atoms with E-state index in [1.54, 1.807) is 18.8 Å². The quantitative estimate of drug-likeness (QED) is 0.527. The first-order valence-electron chi connectivity index (χ1n) is 7.77. The molecule has 26 heavy (non-hydrogen) atoms. The van der Waals surface area contributed by atoms with E-state index < -0.39 is 0 Å². The highest BCUT2D eigenvalue weighted by molar-refractivity contribution is 7.80. The first kappa shape index (κ1) is 17.7. The lowest BCUT2D eigenvalue weighted by Crippen LogP contribution is -2.01. The molecule has 0 bridgehead atoms. The molecule has 1 heterocycles. The van der Waals surface area contributed by atoms with Crippen molar-refractivity contribution in [1.29, 1.82) is 0 Å². The molecule has 0 aliphatic rings. The summed E-state index contributed by atoms with van der Waals surface area (Å²) in [6.07, 6.45) is 0. The average Bonchev–Trinajstić information content (AvgIpc) is 2.91. The highest BCUT2D eigenvalue weighted by Crippen LogP contribution is 2.39. The van der Waals surface area contributed by atoms with Gasteiger partial charge in [-0.3, -0.25) is 0 Å². The number of aromatic hydroxyl groups is 1. The molecule has 0 saturated carbocycles. The van der Waals surface area contributed by atoms with Gasteiger partial charge in [0.1, 0.15) is 0 Å². The number of thiocarbonyl (C=S) groups is 1. The molecule has 0 unspecified atom stereocenters. The van der Waals surface area contributed by atoms with Gasteiger partial charge in [0, 0.05) is 5.39 Å². The van der Waals surface area contributed by atoms with Gasteiger partial charge in [-0.25, -0.2) is 0 Å². The normalized spacial score (nSPS) is 11.2. The number of hydrogen-bond acceptors (Lipinski definition) is 5. The van der Waals surface area contributed by atoms with Crippen molar-refractivity contribution >= 4 is 33.9 Å². The van der Waals surface area contributed by atoms with Gasteiger partial charge in [0.25, 0.3) is 0 Å². The molecule has 0 fully saturated rings. The van der Waals surface area contributed by atoms with Crippen LogP contribution in [0.15, 0.2) is 52.7 Å². The third-order valence-electron chi connectivity index (χ3n) is 3.95. The molecule has 0 atom stereocenters. The zero-order chi connectivity index (χ0) is 18.7. The van der Waals surface area contributed by atoms with Gasteiger partial charge in [-0.2, -0.15) is 0 Å². The Hall–Kier alpha value is -3.13. The zero-order valence-corrected chi connectivity index (χ0v) is 15.2. The Kier molecular flexibility index (Phi) is 5.04. The maximum Gasteiger partial charge on any atom is 0.221 e. The first-order chi connectivity index (χ1) is 12.5. The predicted molar refractivity (Wildman–Crippen MR) is 104 cm³/mol. The number of ether oxygens (including phenoxy) is 2. The molecule has 3 N–H and O–H groups in total. The van der Waals surface area contributed by atoms with Gasteiger partial charge in [0.05, 0.1) is 26.3 Å². The van der Waals surface area contributed by atoms with Crippen molar-refractivity contribution in [2.24, 2.45) is 16.0 Å². The molecular weight excluding hydrogens is 352 g/mol. The molecule has 3 aromatic rings. The summed E-state index contributed by atoms with van der Waals surface area (Å²) < 4.78 is 12.3. The van der Waals surface area contributed by atoms with Crippen LogP contribution in [0.5, 0.6) is 17.4 Å². The molecule has 3 rings (SSSR count). The molecule has 0 aliphatic carbocycles. The van der Waals surface area contributed by atoms with Crippen LogP contribution in [0.3, 0.4) is 0 Å². The minimum atomic E-state index is -0.0962. The highest BCUT2D eigenvalue weighted by Gasteiger charge is 2.17. The Morgan fingerprint density at radius 1 is 1.15 bits per heavy atom. The highest BCUT2D eigenvalue weighted by atomic mass is 32.1. The van der Waals surface area contributed by atoms with E-state index in [-0.39, 0.29) is 11.0 Å². The summed E-state index contributed by atoms with van der Waals surface area (Å²) in [5.74, 6) is 1.25. The lowest BCUT2D eigenvalue weighted by molar-refractivity contribution is 0.354. The Morgan fingerprint density at radius 3 is 2.58 bits per heavy atom. The monoisotopic (exact) mass is 370 g/mol. The summed E-state index contributed by atoms with van der Waals surface area (Å²) in [6.45, 7) is 0.412. The second-order valence-corrected chi connectivity index (χ2v) is 5.92. The number of azo groups is 1. The fourth-order valence-corrected chi connectivity index (χ4v) is 2.83. The van der Waals surface area contributed by atoms with Crippen LogP contribution >= 0.6 is 12.2 Å². The Bertz CT molecular complexity index is 998. The van der Waals surface area contributed by atoms with Crippen LogP contribution in [0, 0.1) is 0 Å². The van der Waals surface area contributed by atoms with Crippen molar-refractivity contribution < 1.29 is 14.6 Å². The van der Waals surface area contributed by atoms with Crippen LogP contribution in [0.4, 0.5) is 5.69 Å². The van der Waals surface area contributed by atoms with Gasteiger partial charge in [0.15, 0.2) is 17.2 Å². The van der Waals surface area contributed by atoms with Gasteiger partial charge < -0.3 is 24.9 Å². The Morgan fingerprint density at radius 2 is 1.88 bits per heavy atom. The van der Waals surface area contributed by atoms with Gasteiger partial charge >= 0.3 is 0 Å². The summed E-state index contributed by atoms with van der Waals surface area (Å²) in [4.78, 5) is 0. The van der Waals surface area contributed by atoms with Gasteiger partial charge in [-0.15, -0.1) is 10.2 Å². The minimum Gasteiger partial charge on any atom is -0.493 e. The molecule has 0 radical (unpaired) electrons. The third-order valence-corrected chi connectivity index (χ3v) is 4.04. The van der Waals surface area contributed by atoms with Crippen LogP contribution in [0.25, 0.3) is 10.9 Å². The van der Waals surface area contributed by atoms with Crippen LogP contribution in [-0.4, -0.2) is 29.0 Å². The second kappa shape index (κ2) is 7.40. The average molecular weight is 370 g/mol. The van der Waals surface area contributed by atoms with Crippen molar-refractivity contribution in [3.8, 4) is 17.4 Å². The van der Waals surface area contributed by atoms with Crippen LogP contribution in [-0.2, 0) is 6.54 Å². The second-order valence-electron chi connectivity index (χ2n) is 5.50. The fraction of sp³-hybridized carbons (Fsp3) is 0.167. The largest absolute Gasteiger partial charge is 0.493 e. The van der Waals surface area contributed by atoms with E-state index in [9.17, 15) is 5.11 Å². The molecule has 0 spiro atoms. The number of nitrogens with zero attached hydrogens (tertiary/aromatic N) is 3. The Labute approximate surface area is 155 Å². The van der Waals surface area contributed by atoms with Gasteiger partial charge in [-0.1, -0.05) is 24.3 Å². The van der Waals surface area contributed by atoms with Crippen LogP contribution in [0.2, 0.25) is 0 Å². The number of rotatable bonds is 5. The van der Waals surface area contributed by atoms with E-state index in [1.165, 1.54) is 0 Å². The summed E-state index contributed by atoms with van der Waals surface area (Å²) in [5.41, 5.74) is 7.45. The van der Waals surface area contributed by atoms with Gasteiger partial charge in [0.2, 0.25) is 11.0 Å². The molecule has 2 aromatic carbocycles. The molecule has 8 heteroatoms. The lowest BCUT2D eigenvalue weighted by Gasteiger charge is -2.11. The van der Waals surface area contributed by atoms with Gasteiger partial charge in [-0.05, 0) is 36.0 Å². The number of methoxy groups -OCH3 is 2. The van der Waals surface area contributed by atoms with E-state index in [0.717, 1.165) is 16.5 Å². The number of benzene rings is 2. The topological polar surface area (TPSA) is 94.4 Å². The van der Waals surface area contributed by atoms with E-state index >= 15 is 0 Å². The maximum absolute atomic E-state index is 10.7. The SMILES string of the molecule is COc1ccc(Cn2c(O)c(N=NC(N)=S)c3ccccc32)cc1OC. The molecule has 0 saturated heterocycles. The molecule has 0 aliphatic heterocycles. The number of nitrogens with two attached hydrogens (primary N) is 1. The number of para-hydroxylation sites is 1. The minimum absolute atomic E-state index is 0.0130. The summed E-state index contributed by atoms with van der Waals surface area (Å²) >= 11 is 4.73. The maximum atomic E-state index is 10.7. The standard InChI is InChI=1S/C18H18N4O3S/c1-24-14-8-7-11(9-15(14)25-2)10-22-13-6-4-3-5-12(13)16(17(22)23)20-21-18(19)26/h3-9,23H,10H2,1-2H3,(H2,19,26). The Balaban J connectivity index is 2.08. The van der Waals surface area contributed by atoms with Crippen molar-refractivity contribution in [2.75, 3.05) is 14.2 Å². The lowest BCUT2D eigenvalue weighted by atomic mass is 10.2. The summed E-state index contributed by atoms with van der Waals surface area (Å²) in [6, 6.07) is 13.1. The van der Waals surface area contributed by atoms with Crippen LogP contribution in [0.1, 0.15) is 5.56 Å². The van der Waals surface area contributed by atoms with E-state index in [1.807, 2.05) is 42.5 Å². The predicted octanol–water partition coefficient (Wildman–Crippen LogP) is 3.74. The molecule has 0 amide bonds. The van der Waals surface area contributed by atoms with E-state index in [2.05, 4.69) is 10.2 Å². The zero-order valence-electron chi connectivity index (χ0n) is 14.3. The number of fused-ring (bicyclic) bond motifs is 1. The van der Waals surface area contributed by atoms with E-state index in [4.69, 9.17) is 27.4 Å². The number of hydrogen-bond donors (Lipinski definition) is 2.